The van der Waals surface area contributed by atoms with Crippen molar-refractivity contribution < 1.29 is 9.58 Å². The zero-order valence-electron chi connectivity index (χ0n) is 12.9. The van der Waals surface area contributed by atoms with Crippen LogP contribution in [0, 0.1) is 34.1 Å². The zero-order chi connectivity index (χ0) is 15.6. The van der Waals surface area contributed by atoms with Gasteiger partial charge in [-0.2, -0.15) is 0 Å². The van der Waals surface area contributed by atoms with Crippen LogP contribution in [-0.4, -0.2) is 11.1 Å². The molecule has 0 unspecified atom stereocenters. The number of fused-ring (bicyclic) bond motifs is 1. The first-order valence-electron chi connectivity index (χ1n) is 8.57. The van der Waals surface area contributed by atoms with Gasteiger partial charge < -0.3 is 10.4 Å². The van der Waals surface area contributed by atoms with Crippen LogP contribution in [0.15, 0.2) is 24.3 Å². The van der Waals surface area contributed by atoms with Crippen LogP contribution in [0.5, 0.6) is 0 Å². The van der Waals surface area contributed by atoms with Gasteiger partial charge in [-0.15, -0.1) is 0 Å². The molecule has 4 aliphatic carbocycles. The van der Waals surface area contributed by atoms with E-state index in [-0.39, 0.29) is 12.0 Å². The molecule has 23 heavy (non-hydrogen) atoms. The second-order valence-electron chi connectivity index (χ2n) is 7.58. The maximum absolute atomic E-state index is 12.6. The number of aromatic nitrogens is 3. The van der Waals surface area contributed by atoms with Gasteiger partial charge in [-0.25, -0.2) is 4.73 Å². The molecule has 4 fully saturated rings. The van der Waals surface area contributed by atoms with Crippen molar-refractivity contribution in [2.24, 2.45) is 23.7 Å². The minimum Gasteiger partial charge on any atom is -0.739 e. The Bertz CT molecular complexity index is 751. The van der Waals surface area contributed by atoms with E-state index in [4.69, 9.17) is 0 Å². The molecule has 1 aromatic carbocycles. The van der Waals surface area contributed by atoms with Crippen molar-refractivity contribution >= 4 is 17.0 Å². The number of anilines is 1. The summed E-state index contributed by atoms with van der Waals surface area (Å²) in [5.41, 5.74) is 0.668. The average Bonchev–Trinajstić information content (AvgIpc) is 2.55. The molecule has 6 rings (SSSR count). The normalized spacial score (nSPS) is 34.9. The van der Waals surface area contributed by atoms with E-state index < -0.39 is 0 Å². The minimum atomic E-state index is 0.149. The molecule has 0 saturated heterocycles. The van der Waals surface area contributed by atoms with E-state index in [0.717, 1.165) is 16.6 Å². The number of para-hydroxylation sites is 2. The lowest BCUT2D eigenvalue weighted by molar-refractivity contribution is -0.672. The van der Waals surface area contributed by atoms with Crippen LogP contribution in [0.4, 0.5) is 5.95 Å². The Labute approximate surface area is 134 Å². The van der Waals surface area contributed by atoms with Crippen LogP contribution in [0.2, 0.25) is 0 Å². The van der Waals surface area contributed by atoms with Crippen molar-refractivity contribution in [1.29, 1.82) is 0 Å². The van der Waals surface area contributed by atoms with Crippen LogP contribution in [0.3, 0.4) is 0 Å². The number of rotatable bonds is 2. The van der Waals surface area contributed by atoms with Gasteiger partial charge in [0.15, 0.2) is 5.52 Å². The van der Waals surface area contributed by atoms with Gasteiger partial charge >= 0.3 is 5.95 Å². The van der Waals surface area contributed by atoms with E-state index in [2.05, 4.69) is 10.4 Å². The highest BCUT2D eigenvalue weighted by Gasteiger charge is 2.50. The van der Waals surface area contributed by atoms with Crippen molar-refractivity contribution in [3.8, 4) is 0 Å². The number of hydrogen-bond acceptors (Lipinski definition) is 4. The lowest BCUT2D eigenvalue weighted by Crippen LogP contribution is -2.54. The lowest BCUT2D eigenvalue weighted by atomic mass is 9.54. The zero-order valence-corrected chi connectivity index (χ0v) is 12.9. The van der Waals surface area contributed by atoms with Crippen molar-refractivity contribution in [3.05, 3.63) is 34.7 Å². The summed E-state index contributed by atoms with van der Waals surface area (Å²) in [5.74, 6) is 3.16. The monoisotopic (exact) mass is 312 g/mol. The van der Waals surface area contributed by atoms with Crippen LogP contribution in [0.25, 0.3) is 11.0 Å². The Kier molecular flexibility index (Phi) is 2.72. The van der Waals surface area contributed by atoms with Crippen molar-refractivity contribution in [3.63, 3.8) is 0 Å². The van der Waals surface area contributed by atoms with Gasteiger partial charge in [0.25, 0.3) is 5.52 Å². The Morgan fingerprint density at radius 3 is 2.17 bits per heavy atom. The van der Waals surface area contributed by atoms with Crippen molar-refractivity contribution in [2.75, 3.05) is 5.32 Å². The van der Waals surface area contributed by atoms with E-state index >= 15 is 0 Å². The maximum atomic E-state index is 12.6. The van der Waals surface area contributed by atoms with E-state index in [1.807, 2.05) is 0 Å². The molecule has 6 nitrogen and oxygen atoms in total. The van der Waals surface area contributed by atoms with Crippen LogP contribution in [-0.2, 0) is 0 Å². The summed E-state index contributed by atoms with van der Waals surface area (Å²) in [7, 11) is 0. The van der Waals surface area contributed by atoms with Gasteiger partial charge in [-0.3, -0.25) is 5.32 Å². The van der Waals surface area contributed by atoms with Gasteiger partial charge in [0, 0.05) is 10.9 Å². The van der Waals surface area contributed by atoms with E-state index in [1.54, 1.807) is 24.3 Å². The molecule has 0 spiro atoms. The maximum Gasteiger partial charge on any atom is 0.461 e. The van der Waals surface area contributed by atoms with E-state index in [9.17, 15) is 10.4 Å². The van der Waals surface area contributed by atoms with Crippen molar-refractivity contribution in [1.82, 2.24) is 5.10 Å². The fraction of sp³-hybridized carbons (Fsp3) is 0.588. The molecule has 4 aliphatic rings. The fourth-order valence-electron chi connectivity index (χ4n) is 5.49. The Balaban J connectivity index is 1.51. The molecule has 0 aliphatic heterocycles. The molecular weight excluding hydrogens is 292 g/mol. The first-order valence-corrected chi connectivity index (χ1v) is 8.57. The Hall–Kier alpha value is -2.11. The number of benzene rings is 1. The van der Waals surface area contributed by atoms with Gasteiger partial charge in [-0.1, -0.05) is 12.1 Å². The molecule has 0 atom stereocenters. The minimum absolute atomic E-state index is 0.149. The highest BCUT2D eigenvalue weighted by molar-refractivity contribution is 5.67. The Morgan fingerprint density at radius 2 is 1.52 bits per heavy atom. The largest absolute Gasteiger partial charge is 0.739 e. The third-order valence-electron chi connectivity index (χ3n) is 6.21. The van der Waals surface area contributed by atoms with Gasteiger partial charge in [-0.05, 0) is 61.8 Å². The molecule has 120 valence electrons. The molecular formula is C17H20N4O2. The molecule has 4 saturated carbocycles. The fourth-order valence-corrected chi connectivity index (χ4v) is 5.49. The second-order valence-corrected chi connectivity index (χ2v) is 7.58. The molecule has 1 aromatic heterocycles. The highest BCUT2D eigenvalue weighted by Crippen LogP contribution is 2.54. The summed E-state index contributed by atoms with van der Waals surface area (Å²) in [6.07, 6.45) is 6.43. The smallest absolute Gasteiger partial charge is 0.461 e. The summed E-state index contributed by atoms with van der Waals surface area (Å²) in [4.78, 5) is 0.558. The van der Waals surface area contributed by atoms with Crippen LogP contribution < -0.4 is 14.9 Å². The molecule has 6 heteroatoms. The quantitative estimate of drug-likeness (QED) is 0.677. The number of hydrogen-bond donors (Lipinski definition) is 1. The molecule has 0 amide bonds. The molecule has 0 radical (unpaired) electrons. The first-order chi connectivity index (χ1) is 11.2. The summed E-state index contributed by atoms with van der Waals surface area (Å²) < 4.78 is 0.773. The molecule has 2 aromatic rings. The molecule has 1 heterocycles. The first kappa shape index (κ1) is 13.3. The lowest BCUT2D eigenvalue weighted by Gasteiger charge is -2.53. The Morgan fingerprint density at radius 1 is 0.913 bits per heavy atom. The summed E-state index contributed by atoms with van der Waals surface area (Å²) in [5, 5.41) is 32.0. The SMILES string of the molecule is [O-][n+]1nc(NC2[C@H]3C[C@H]4C[C@H](C3)C[C@H]2C4)[n+]([O-])c2ccccc21. The summed E-state index contributed by atoms with van der Waals surface area (Å²) in [6, 6.07) is 7.08. The van der Waals surface area contributed by atoms with Crippen molar-refractivity contribution in [2.45, 2.75) is 38.1 Å². The second kappa shape index (κ2) is 4.69. The number of nitrogens with one attached hydrogen (secondary N) is 1. The number of nitrogens with zero attached hydrogens (tertiary/aromatic N) is 3. The standard InChI is InChI=1S/C17H20N4O2/c22-20-14-3-1-2-4-15(14)21(23)19-17(20)18-16-12-6-10-5-11(8-12)9-13(16)7-10/h1-4,10-13,16H,5-9H2,(H,18,19)/t10-,11-,12-,13+,16?. The molecule has 4 bridgehead atoms. The summed E-state index contributed by atoms with van der Waals surface area (Å²) in [6.45, 7) is 0. The summed E-state index contributed by atoms with van der Waals surface area (Å²) >= 11 is 0. The average molecular weight is 312 g/mol. The van der Waals surface area contributed by atoms with Gasteiger partial charge in [0.1, 0.15) is 0 Å². The predicted molar refractivity (Wildman–Crippen MR) is 84.1 cm³/mol. The topological polar surface area (TPSA) is 78.8 Å². The van der Waals surface area contributed by atoms with E-state index in [1.165, 1.54) is 32.1 Å². The predicted octanol–water partition coefficient (Wildman–Crippen LogP) is 1.74. The van der Waals surface area contributed by atoms with Gasteiger partial charge in [0.2, 0.25) is 5.10 Å². The molecule has 1 N–H and O–H groups in total. The third kappa shape index (κ3) is 1.97. The van der Waals surface area contributed by atoms with Crippen LogP contribution in [0.1, 0.15) is 32.1 Å². The van der Waals surface area contributed by atoms with Gasteiger partial charge in [0.05, 0.1) is 6.04 Å². The highest BCUT2D eigenvalue weighted by atomic mass is 16.5. The third-order valence-corrected chi connectivity index (χ3v) is 6.21. The van der Waals surface area contributed by atoms with E-state index in [0.29, 0.717) is 27.7 Å². The van der Waals surface area contributed by atoms with Crippen LogP contribution >= 0.6 is 0 Å².